The summed E-state index contributed by atoms with van der Waals surface area (Å²) in [5.41, 5.74) is 8.66. The van der Waals surface area contributed by atoms with Gasteiger partial charge in [-0.25, -0.2) is 0 Å². The number of phenolic OH excluding ortho intramolecular Hbond substituents is 2. The number of amides is 1. The van der Waals surface area contributed by atoms with Crippen LogP contribution in [0.2, 0.25) is 5.02 Å². The number of piperidine rings is 1. The molecule has 1 unspecified atom stereocenters. The number of halogens is 1. The molecule has 0 bridgehead atoms. The molecule has 0 saturated carbocycles. The SMILES string of the molecule is Cc1noc(-c2cc(Cl)c(O)cc2O)c1C1=CC(CN2CCC(C(N)=O)CC2)CCC1. The molecule has 2 aromatic rings. The van der Waals surface area contributed by atoms with Crippen LogP contribution in [0, 0.1) is 18.8 Å². The fraction of sp³-hybridized carbons (Fsp3) is 0.478. The number of benzene rings is 1. The third kappa shape index (κ3) is 4.57. The van der Waals surface area contributed by atoms with E-state index in [1.807, 2.05) is 6.92 Å². The molecule has 4 rings (SSSR count). The number of phenols is 2. The topological polar surface area (TPSA) is 113 Å². The first kappa shape index (κ1) is 21.7. The highest BCUT2D eigenvalue weighted by molar-refractivity contribution is 6.32. The molecule has 1 aromatic carbocycles. The van der Waals surface area contributed by atoms with Crippen LogP contribution in [0.5, 0.6) is 11.5 Å². The van der Waals surface area contributed by atoms with E-state index in [4.69, 9.17) is 21.9 Å². The van der Waals surface area contributed by atoms with E-state index in [1.54, 1.807) is 0 Å². The number of aromatic nitrogens is 1. The highest BCUT2D eigenvalue weighted by Gasteiger charge is 2.28. The first-order chi connectivity index (χ1) is 14.8. The molecule has 166 valence electrons. The van der Waals surface area contributed by atoms with E-state index < -0.39 is 0 Å². The van der Waals surface area contributed by atoms with Gasteiger partial charge < -0.3 is 25.4 Å². The van der Waals surface area contributed by atoms with Crippen molar-refractivity contribution in [1.82, 2.24) is 10.1 Å². The number of hydrogen-bond acceptors (Lipinski definition) is 6. The smallest absolute Gasteiger partial charge is 0.220 e. The molecule has 7 nitrogen and oxygen atoms in total. The number of aromatic hydroxyl groups is 2. The quantitative estimate of drug-likeness (QED) is 0.638. The first-order valence-electron chi connectivity index (χ1n) is 10.7. The van der Waals surface area contributed by atoms with Gasteiger partial charge >= 0.3 is 0 Å². The fourth-order valence-corrected chi connectivity index (χ4v) is 4.92. The van der Waals surface area contributed by atoms with E-state index >= 15 is 0 Å². The minimum Gasteiger partial charge on any atom is -0.507 e. The molecule has 1 aliphatic carbocycles. The maximum atomic E-state index is 11.4. The number of primary amides is 1. The van der Waals surface area contributed by atoms with Crippen LogP contribution < -0.4 is 5.73 Å². The predicted octanol–water partition coefficient (Wildman–Crippen LogP) is 4.10. The van der Waals surface area contributed by atoms with Crippen molar-refractivity contribution in [3.63, 3.8) is 0 Å². The van der Waals surface area contributed by atoms with Crippen LogP contribution in [0.4, 0.5) is 0 Å². The van der Waals surface area contributed by atoms with Crippen molar-refractivity contribution in [3.05, 3.63) is 34.5 Å². The Morgan fingerprint density at radius 2 is 2.00 bits per heavy atom. The minimum absolute atomic E-state index is 0.000678. The summed E-state index contributed by atoms with van der Waals surface area (Å²) in [6.07, 6.45) is 7.02. The molecule has 8 heteroatoms. The lowest BCUT2D eigenvalue weighted by molar-refractivity contribution is -0.123. The van der Waals surface area contributed by atoms with Crippen molar-refractivity contribution in [2.24, 2.45) is 17.6 Å². The summed E-state index contributed by atoms with van der Waals surface area (Å²) in [7, 11) is 0. The van der Waals surface area contributed by atoms with Gasteiger partial charge in [0.25, 0.3) is 0 Å². The molecular weight excluding hydrogens is 418 g/mol. The predicted molar refractivity (Wildman–Crippen MR) is 119 cm³/mol. The van der Waals surface area contributed by atoms with Gasteiger partial charge in [0.15, 0.2) is 5.76 Å². The molecule has 1 atom stereocenters. The highest BCUT2D eigenvalue weighted by Crippen LogP contribution is 2.43. The Bertz CT molecular complexity index is 1010. The van der Waals surface area contributed by atoms with Crippen LogP contribution in [-0.4, -0.2) is 45.8 Å². The largest absolute Gasteiger partial charge is 0.507 e. The lowest BCUT2D eigenvalue weighted by Crippen LogP contribution is -2.40. The molecule has 1 saturated heterocycles. The van der Waals surface area contributed by atoms with Crippen LogP contribution in [0.3, 0.4) is 0 Å². The summed E-state index contributed by atoms with van der Waals surface area (Å²) >= 11 is 6.07. The van der Waals surface area contributed by atoms with Gasteiger partial charge in [-0.05, 0) is 69.7 Å². The molecule has 0 radical (unpaired) electrons. The Morgan fingerprint density at radius 3 is 2.71 bits per heavy atom. The number of carbonyl (C=O) groups excluding carboxylic acids is 1. The van der Waals surface area contributed by atoms with Crippen molar-refractivity contribution in [3.8, 4) is 22.8 Å². The number of likely N-dealkylation sites (tertiary alicyclic amines) is 1. The molecule has 2 aliphatic rings. The molecule has 4 N–H and O–H groups in total. The molecule has 1 aromatic heterocycles. The molecule has 1 aliphatic heterocycles. The van der Waals surface area contributed by atoms with E-state index in [1.165, 1.54) is 12.1 Å². The Morgan fingerprint density at radius 1 is 1.26 bits per heavy atom. The van der Waals surface area contributed by atoms with E-state index in [0.29, 0.717) is 17.2 Å². The van der Waals surface area contributed by atoms with Crippen molar-refractivity contribution in [2.75, 3.05) is 19.6 Å². The number of nitrogens with two attached hydrogens (primary N) is 1. The van der Waals surface area contributed by atoms with Crippen molar-refractivity contribution >= 4 is 23.1 Å². The summed E-state index contributed by atoms with van der Waals surface area (Å²) < 4.78 is 5.58. The van der Waals surface area contributed by atoms with Gasteiger partial charge in [0.05, 0.1) is 16.3 Å². The molecule has 1 fully saturated rings. The number of carbonyl (C=O) groups is 1. The van der Waals surface area contributed by atoms with E-state index in [2.05, 4.69) is 16.1 Å². The summed E-state index contributed by atoms with van der Waals surface area (Å²) in [5.74, 6) is 0.384. The molecule has 2 heterocycles. The minimum atomic E-state index is -0.187. The summed E-state index contributed by atoms with van der Waals surface area (Å²) in [5, 5.41) is 24.4. The van der Waals surface area contributed by atoms with Gasteiger partial charge in [0.2, 0.25) is 5.91 Å². The summed E-state index contributed by atoms with van der Waals surface area (Å²) in [6.45, 7) is 4.63. The lowest BCUT2D eigenvalue weighted by atomic mass is 9.85. The third-order valence-corrected chi connectivity index (χ3v) is 6.74. The second kappa shape index (κ2) is 8.93. The Labute approximate surface area is 186 Å². The van der Waals surface area contributed by atoms with Crippen molar-refractivity contribution in [2.45, 2.75) is 39.0 Å². The van der Waals surface area contributed by atoms with E-state index in [-0.39, 0.29) is 28.3 Å². The normalized spacial score (nSPS) is 20.6. The van der Waals surface area contributed by atoms with Crippen LogP contribution >= 0.6 is 11.6 Å². The number of aryl methyl sites for hydroxylation is 1. The van der Waals surface area contributed by atoms with Gasteiger partial charge in [-0.2, -0.15) is 0 Å². The highest BCUT2D eigenvalue weighted by atomic mass is 35.5. The van der Waals surface area contributed by atoms with Gasteiger partial charge in [0, 0.05) is 24.1 Å². The number of allylic oxidation sites excluding steroid dienone is 1. The van der Waals surface area contributed by atoms with E-state index in [0.717, 1.165) is 68.6 Å². The standard InChI is InChI=1S/C23H28ClN3O4/c1-13-21(22(31-26-13)17-10-18(24)20(29)11-19(17)28)16-4-2-3-14(9-16)12-27-7-5-15(6-8-27)23(25)30/h9-11,14-15,28-29H,2-8,12H2,1H3,(H2,25,30). The molecule has 31 heavy (non-hydrogen) atoms. The van der Waals surface area contributed by atoms with Crippen LogP contribution in [0.25, 0.3) is 16.9 Å². The summed E-state index contributed by atoms with van der Waals surface area (Å²) in [4.78, 5) is 13.8. The Balaban J connectivity index is 1.56. The Hall–Kier alpha value is -2.51. The zero-order valence-electron chi connectivity index (χ0n) is 17.6. The molecular formula is C23H28ClN3O4. The van der Waals surface area contributed by atoms with E-state index in [9.17, 15) is 15.0 Å². The lowest BCUT2D eigenvalue weighted by Gasteiger charge is -2.33. The van der Waals surface area contributed by atoms with Crippen LogP contribution in [0.1, 0.15) is 43.4 Å². The fourth-order valence-electron chi connectivity index (χ4n) is 4.75. The zero-order valence-corrected chi connectivity index (χ0v) is 18.4. The van der Waals surface area contributed by atoms with Gasteiger partial charge in [0.1, 0.15) is 11.5 Å². The van der Waals surface area contributed by atoms with Crippen LogP contribution in [-0.2, 0) is 4.79 Å². The zero-order chi connectivity index (χ0) is 22.1. The molecule has 0 spiro atoms. The summed E-state index contributed by atoms with van der Waals surface area (Å²) in [6, 6.07) is 2.71. The van der Waals surface area contributed by atoms with Crippen molar-refractivity contribution in [1.29, 1.82) is 0 Å². The van der Waals surface area contributed by atoms with Crippen molar-refractivity contribution < 1.29 is 19.5 Å². The van der Waals surface area contributed by atoms with Crippen LogP contribution in [0.15, 0.2) is 22.7 Å². The number of hydrogen-bond donors (Lipinski definition) is 3. The number of rotatable bonds is 5. The molecule has 1 amide bonds. The number of nitrogens with zero attached hydrogens (tertiary/aromatic N) is 2. The Kier molecular flexibility index (Phi) is 6.25. The third-order valence-electron chi connectivity index (χ3n) is 6.43. The first-order valence-corrected chi connectivity index (χ1v) is 11.1. The second-order valence-electron chi connectivity index (χ2n) is 8.61. The monoisotopic (exact) mass is 445 g/mol. The average molecular weight is 446 g/mol. The van der Waals surface area contributed by atoms with Gasteiger partial charge in [-0.15, -0.1) is 0 Å². The maximum absolute atomic E-state index is 11.4. The van der Waals surface area contributed by atoms with Gasteiger partial charge in [-0.3, -0.25) is 4.79 Å². The van der Waals surface area contributed by atoms with Gasteiger partial charge in [-0.1, -0.05) is 22.8 Å². The average Bonchev–Trinajstić information content (AvgIpc) is 3.12. The second-order valence-corrected chi connectivity index (χ2v) is 9.02. The maximum Gasteiger partial charge on any atom is 0.220 e.